The van der Waals surface area contributed by atoms with Crippen LogP contribution in [0, 0.1) is 11.3 Å². The van der Waals surface area contributed by atoms with Gasteiger partial charge in [0.2, 0.25) is 11.8 Å². The van der Waals surface area contributed by atoms with Crippen molar-refractivity contribution in [3.8, 4) is 0 Å². The molecular formula is C40H40Cl2F3N7O7S. The Hall–Kier alpha value is -4.75. The van der Waals surface area contributed by atoms with Crippen molar-refractivity contribution in [3.63, 3.8) is 0 Å². The summed E-state index contributed by atoms with van der Waals surface area (Å²) in [6.07, 6.45) is -1.16. The van der Waals surface area contributed by atoms with E-state index in [0.29, 0.717) is 24.8 Å². The van der Waals surface area contributed by atoms with E-state index in [9.17, 15) is 45.6 Å². The largest absolute Gasteiger partial charge is 0.416 e. The first kappa shape index (κ1) is 42.0. The molecule has 5 aliphatic rings. The van der Waals surface area contributed by atoms with Crippen LogP contribution >= 0.6 is 23.2 Å². The number of amides is 5. The fourth-order valence-electron chi connectivity index (χ4n) is 9.09. The minimum Gasteiger partial charge on any atom is -0.369 e. The highest BCUT2D eigenvalue weighted by molar-refractivity contribution is 7.90. The number of anilines is 3. The number of rotatable bonds is 9. The number of fused-ring (bicyclic) bond motifs is 1. The number of imide groups is 2. The van der Waals surface area contributed by atoms with E-state index in [1.807, 2.05) is 6.07 Å². The molecule has 4 fully saturated rings. The number of piperazine rings is 1. The van der Waals surface area contributed by atoms with Crippen molar-refractivity contribution >= 4 is 80.0 Å². The molecule has 0 radical (unpaired) electrons. The number of alkyl halides is 3. The van der Waals surface area contributed by atoms with Gasteiger partial charge in [-0.3, -0.25) is 43.8 Å². The smallest absolute Gasteiger partial charge is 0.369 e. The molecule has 0 bridgehead atoms. The number of hydrogen-bond acceptors (Lipinski definition) is 9. The van der Waals surface area contributed by atoms with Gasteiger partial charge in [-0.2, -0.15) is 25.9 Å². The summed E-state index contributed by atoms with van der Waals surface area (Å²) in [5, 5.41) is 4.44. The van der Waals surface area contributed by atoms with Gasteiger partial charge in [-0.15, -0.1) is 0 Å². The lowest BCUT2D eigenvalue weighted by atomic mass is 9.57. The fourth-order valence-corrected chi connectivity index (χ4v) is 10.7. The summed E-state index contributed by atoms with van der Waals surface area (Å²) in [5.41, 5.74) is 0.0721. The summed E-state index contributed by atoms with van der Waals surface area (Å²) in [6, 6.07) is 10.6. The summed E-state index contributed by atoms with van der Waals surface area (Å²) in [5.74, 6) is -2.50. The van der Waals surface area contributed by atoms with Crippen LogP contribution in [0.15, 0.2) is 54.6 Å². The van der Waals surface area contributed by atoms with Crippen LogP contribution in [0.1, 0.15) is 75.2 Å². The number of carbonyl (C=O) groups is 5. The standard InChI is InChI=1S/C40H40Cl2F3N7O7S/c41-25-2-6-31(29(18-25)35(54)46-32-5-1-24(17-30(32)42)40(43,44)45)48-60(58,59)51-11-9-39(10-12-51)20-23(21-39)22-49-13-15-50(16-14-49)26-3-4-27-28(19-26)38(57)52(37(27)56)33-7-8-34(53)47-36(33)55/h1-6,17-19,23,33,48H,7-16,20-22H2,(H,46,54)(H,47,53,55). The third-order valence-electron chi connectivity index (χ3n) is 12.3. The van der Waals surface area contributed by atoms with Crippen molar-refractivity contribution in [1.29, 1.82) is 0 Å². The van der Waals surface area contributed by atoms with Crippen molar-refractivity contribution < 1.29 is 45.6 Å². The summed E-state index contributed by atoms with van der Waals surface area (Å²) in [6.45, 7) is 4.53. The second kappa shape index (κ2) is 15.9. The molecule has 1 aliphatic carbocycles. The zero-order chi connectivity index (χ0) is 42.7. The number of carbonyl (C=O) groups excluding carboxylic acids is 5. The Morgan fingerprint density at radius 1 is 0.850 bits per heavy atom. The number of benzene rings is 3. The maximum absolute atomic E-state index is 13.6. The lowest BCUT2D eigenvalue weighted by Gasteiger charge is -2.53. The summed E-state index contributed by atoms with van der Waals surface area (Å²) >= 11 is 12.2. The molecule has 4 heterocycles. The van der Waals surface area contributed by atoms with E-state index >= 15 is 0 Å². The van der Waals surface area contributed by atoms with Crippen molar-refractivity contribution in [1.82, 2.24) is 19.4 Å². The average molecular weight is 891 g/mol. The summed E-state index contributed by atoms with van der Waals surface area (Å²) in [7, 11) is -4.10. The number of hydrogen-bond donors (Lipinski definition) is 3. The Balaban J connectivity index is 0.809. The van der Waals surface area contributed by atoms with Gasteiger partial charge in [0.15, 0.2) is 0 Å². The molecule has 0 aromatic heterocycles. The molecular weight excluding hydrogens is 850 g/mol. The number of halogens is 5. The van der Waals surface area contributed by atoms with Crippen LogP contribution < -0.4 is 20.3 Å². The molecule has 14 nitrogen and oxygen atoms in total. The van der Waals surface area contributed by atoms with Gasteiger partial charge in [-0.25, -0.2) is 0 Å². The van der Waals surface area contributed by atoms with Gasteiger partial charge >= 0.3 is 16.4 Å². The Labute approximate surface area is 353 Å². The van der Waals surface area contributed by atoms with Gasteiger partial charge in [-0.1, -0.05) is 23.2 Å². The molecule has 3 saturated heterocycles. The number of piperidine rings is 2. The van der Waals surface area contributed by atoms with E-state index in [0.717, 1.165) is 68.3 Å². The first-order valence-electron chi connectivity index (χ1n) is 19.5. The molecule has 1 atom stereocenters. The highest BCUT2D eigenvalue weighted by atomic mass is 35.5. The average Bonchev–Trinajstić information content (AvgIpc) is 3.43. The lowest BCUT2D eigenvalue weighted by molar-refractivity contribution is -0.138. The van der Waals surface area contributed by atoms with Crippen LogP contribution in [0.3, 0.4) is 0 Å². The van der Waals surface area contributed by atoms with Gasteiger partial charge in [0, 0.05) is 62.9 Å². The highest BCUT2D eigenvalue weighted by Crippen LogP contribution is 2.53. The zero-order valence-electron chi connectivity index (χ0n) is 32.0. The first-order chi connectivity index (χ1) is 28.4. The summed E-state index contributed by atoms with van der Waals surface area (Å²) in [4.78, 5) is 69.3. The molecule has 60 heavy (non-hydrogen) atoms. The third-order valence-corrected chi connectivity index (χ3v) is 14.3. The van der Waals surface area contributed by atoms with Gasteiger partial charge in [0.25, 0.3) is 17.7 Å². The Morgan fingerprint density at radius 2 is 1.53 bits per heavy atom. The quantitative estimate of drug-likeness (QED) is 0.231. The van der Waals surface area contributed by atoms with Crippen LogP contribution in [0.4, 0.5) is 30.2 Å². The van der Waals surface area contributed by atoms with E-state index < -0.39 is 57.5 Å². The SMILES string of the molecule is O=C1CCC(N2C(=O)c3ccc(N4CCN(CC5CC6(CCN(S(=O)(=O)Nc7ccc(Cl)cc7C(=O)Nc7ccc(C(F)(F)F)cc7Cl)CC6)C5)CC4)cc3C2=O)C(=O)N1. The van der Waals surface area contributed by atoms with Crippen molar-refractivity contribution in [2.24, 2.45) is 11.3 Å². The fraction of sp³-hybridized carbons (Fsp3) is 0.425. The Kier molecular flexibility index (Phi) is 11.1. The van der Waals surface area contributed by atoms with E-state index in [-0.39, 0.29) is 69.5 Å². The number of nitrogens with zero attached hydrogens (tertiary/aromatic N) is 4. The van der Waals surface area contributed by atoms with Gasteiger partial charge in [0.05, 0.1) is 38.7 Å². The third kappa shape index (κ3) is 8.31. The second-order valence-corrected chi connectivity index (χ2v) is 18.6. The Morgan fingerprint density at radius 3 is 2.20 bits per heavy atom. The second-order valence-electron chi connectivity index (χ2n) is 16.1. The van der Waals surface area contributed by atoms with Crippen LogP contribution in [0.25, 0.3) is 0 Å². The monoisotopic (exact) mass is 889 g/mol. The van der Waals surface area contributed by atoms with Crippen molar-refractivity contribution in [3.05, 3.63) is 86.9 Å². The van der Waals surface area contributed by atoms with Crippen LogP contribution in [-0.2, 0) is 26.0 Å². The first-order valence-corrected chi connectivity index (χ1v) is 21.7. The molecule has 4 aliphatic heterocycles. The lowest BCUT2D eigenvalue weighted by Crippen LogP contribution is -2.54. The molecule has 318 valence electrons. The minimum absolute atomic E-state index is 0.0425. The molecule has 8 rings (SSSR count). The van der Waals surface area contributed by atoms with E-state index in [4.69, 9.17) is 23.2 Å². The van der Waals surface area contributed by atoms with Crippen molar-refractivity contribution in [2.75, 3.05) is 60.8 Å². The maximum Gasteiger partial charge on any atom is 0.416 e. The molecule has 20 heteroatoms. The van der Waals surface area contributed by atoms with Crippen LogP contribution in [-0.4, -0.2) is 104 Å². The predicted molar refractivity (Wildman–Crippen MR) is 216 cm³/mol. The van der Waals surface area contributed by atoms with Gasteiger partial charge in [-0.05, 0) is 98.0 Å². The highest BCUT2D eigenvalue weighted by Gasteiger charge is 2.48. The molecule has 5 amide bonds. The molecule has 1 spiro atoms. The molecule has 1 unspecified atom stereocenters. The van der Waals surface area contributed by atoms with E-state index in [1.54, 1.807) is 12.1 Å². The normalized spacial score (nSPS) is 21.5. The molecule has 3 aromatic rings. The predicted octanol–water partition coefficient (Wildman–Crippen LogP) is 5.64. The zero-order valence-corrected chi connectivity index (χ0v) is 34.3. The Bertz CT molecular complexity index is 2400. The minimum atomic E-state index is -4.63. The molecule has 3 aromatic carbocycles. The van der Waals surface area contributed by atoms with Gasteiger partial charge < -0.3 is 10.2 Å². The van der Waals surface area contributed by atoms with Gasteiger partial charge in [0.1, 0.15) is 6.04 Å². The molecule has 3 N–H and O–H groups in total. The summed E-state index contributed by atoms with van der Waals surface area (Å²) < 4.78 is 70.3. The number of nitrogens with one attached hydrogen (secondary N) is 3. The molecule has 1 saturated carbocycles. The van der Waals surface area contributed by atoms with Crippen LogP contribution in [0.5, 0.6) is 0 Å². The van der Waals surface area contributed by atoms with Crippen molar-refractivity contribution in [2.45, 2.75) is 50.7 Å². The van der Waals surface area contributed by atoms with Crippen LogP contribution in [0.2, 0.25) is 10.0 Å². The topological polar surface area (TPSA) is 169 Å². The van der Waals surface area contributed by atoms with E-state index in [2.05, 4.69) is 25.2 Å². The maximum atomic E-state index is 13.6. The van der Waals surface area contributed by atoms with E-state index in [1.165, 1.54) is 22.5 Å².